The highest BCUT2D eigenvalue weighted by Gasteiger charge is 2.33. The first kappa shape index (κ1) is 23.7. The predicted octanol–water partition coefficient (Wildman–Crippen LogP) is 6.10. The summed E-state index contributed by atoms with van der Waals surface area (Å²) in [7, 11) is 0. The lowest BCUT2D eigenvalue weighted by Crippen LogP contribution is -2.40. The number of carbonyl (C=O) groups excluding carboxylic acids is 1. The molecule has 1 aliphatic heterocycles. The molecule has 1 atom stereocenters. The van der Waals surface area contributed by atoms with E-state index in [2.05, 4.69) is 19.1 Å². The van der Waals surface area contributed by atoms with Crippen LogP contribution in [0.3, 0.4) is 0 Å². The summed E-state index contributed by atoms with van der Waals surface area (Å²) < 4.78 is 0. The number of rotatable bonds is 16. The fourth-order valence-corrected chi connectivity index (χ4v) is 3.81. The molecule has 156 valence electrons. The summed E-state index contributed by atoms with van der Waals surface area (Å²) in [5.74, 6) is -0.831. The number of nitrogens with zero attached hydrogens (tertiary/aromatic N) is 1. The molecule has 1 heterocycles. The minimum absolute atomic E-state index is 0.0255. The maximum Gasteiger partial charge on any atom is 0.326 e. The maximum absolute atomic E-state index is 12.1. The molecule has 27 heavy (non-hydrogen) atoms. The van der Waals surface area contributed by atoms with E-state index < -0.39 is 12.0 Å². The number of hydrogen-bond acceptors (Lipinski definition) is 2. The molecule has 0 aromatic heterocycles. The summed E-state index contributed by atoms with van der Waals surface area (Å²) in [5, 5.41) is 9.14. The van der Waals surface area contributed by atoms with Crippen LogP contribution in [0.1, 0.15) is 110 Å². The van der Waals surface area contributed by atoms with Crippen LogP contribution in [0, 0.1) is 0 Å². The highest BCUT2D eigenvalue weighted by Crippen LogP contribution is 2.19. The Kier molecular flexibility index (Phi) is 13.8. The Morgan fingerprint density at radius 3 is 2.04 bits per heavy atom. The number of hydrogen-bond donors (Lipinski definition) is 1. The first-order chi connectivity index (χ1) is 13.2. The monoisotopic (exact) mass is 379 g/mol. The maximum atomic E-state index is 12.1. The molecule has 1 amide bonds. The van der Waals surface area contributed by atoms with Gasteiger partial charge in [-0.15, -0.1) is 0 Å². The topological polar surface area (TPSA) is 57.6 Å². The second-order valence-electron chi connectivity index (χ2n) is 7.92. The van der Waals surface area contributed by atoms with Gasteiger partial charge in [0.2, 0.25) is 5.91 Å². The van der Waals surface area contributed by atoms with E-state index in [0.29, 0.717) is 19.4 Å². The van der Waals surface area contributed by atoms with Gasteiger partial charge in [0.05, 0.1) is 0 Å². The normalized spacial score (nSPS) is 17.1. The van der Waals surface area contributed by atoms with E-state index in [9.17, 15) is 9.59 Å². The van der Waals surface area contributed by atoms with Crippen molar-refractivity contribution in [1.29, 1.82) is 0 Å². The van der Waals surface area contributed by atoms with Crippen molar-refractivity contribution in [3.05, 3.63) is 12.2 Å². The Hall–Kier alpha value is -1.32. The molecule has 1 fully saturated rings. The molecule has 0 saturated carbocycles. The van der Waals surface area contributed by atoms with Gasteiger partial charge >= 0.3 is 5.97 Å². The SMILES string of the molecule is CCCCCCCC/C=C\CCCCCCCC(=O)N1CCCC1C(=O)O. The van der Waals surface area contributed by atoms with E-state index >= 15 is 0 Å². The van der Waals surface area contributed by atoms with Gasteiger partial charge in [0, 0.05) is 13.0 Å². The summed E-state index contributed by atoms with van der Waals surface area (Å²) >= 11 is 0. The standard InChI is InChI=1S/C23H41NO3/c1-2-3-4-5-6-7-8-9-10-11-12-13-14-15-16-19-22(25)24-20-17-18-21(24)23(26)27/h9-10,21H,2-8,11-20H2,1H3,(H,26,27)/b10-9-. The molecule has 4 heteroatoms. The Labute approximate surface area is 166 Å². The molecule has 0 aliphatic carbocycles. The molecule has 1 N–H and O–H groups in total. The number of unbranched alkanes of at least 4 members (excludes halogenated alkanes) is 11. The van der Waals surface area contributed by atoms with Gasteiger partial charge in [0.15, 0.2) is 0 Å². The van der Waals surface area contributed by atoms with E-state index in [1.165, 1.54) is 70.6 Å². The Morgan fingerprint density at radius 1 is 0.889 bits per heavy atom. The van der Waals surface area contributed by atoms with Crippen molar-refractivity contribution in [2.24, 2.45) is 0 Å². The highest BCUT2D eigenvalue weighted by molar-refractivity contribution is 5.84. The van der Waals surface area contributed by atoms with Crippen LogP contribution in [-0.4, -0.2) is 34.5 Å². The third-order valence-corrected chi connectivity index (χ3v) is 5.51. The Balaban J connectivity index is 1.89. The molecule has 4 nitrogen and oxygen atoms in total. The average Bonchev–Trinajstić information content (AvgIpc) is 3.15. The van der Waals surface area contributed by atoms with Crippen LogP contribution < -0.4 is 0 Å². The zero-order valence-corrected chi connectivity index (χ0v) is 17.5. The van der Waals surface area contributed by atoms with Gasteiger partial charge in [-0.05, 0) is 44.9 Å². The minimum atomic E-state index is -0.856. The molecule has 1 unspecified atom stereocenters. The van der Waals surface area contributed by atoms with Gasteiger partial charge in [0.1, 0.15) is 6.04 Å². The second-order valence-corrected chi connectivity index (χ2v) is 7.92. The summed E-state index contributed by atoms with van der Waals surface area (Å²) in [5.41, 5.74) is 0. The van der Waals surface area contributed by atoms with Crippen molar-refractivity contribution in [1.82, 2.24) is 4.90 Å². The Bertz CT molecular complexity index is 433. The van der Waals surface area contributed by atoms with Crippen LogP contribution in [0.25, 0.3) is 0 Å². The lowest BCUT2D eigenvalue weighted by atomic mass is 10.1. The fourth-order valence-electron chi connectivity index (χ4n) is 3.81. The van der Waals surface area contributed by atoms with Crippen molar-refractivity contribution in [2.75, 3.05) is 6.54 Å². The summed E-state index contributed by atoms with van der Waals surface area (Å²) in [6.45, 7) is 2.87. The molecule has 0 aromatic rings. The second kappa shape index (κ2) is 15.7. The van der Waals surface area contributed by atoms with Gasteiger partial charge in [-0.3, -0.25) is 4.79 Å². The predicted molar refractivity (Wildman–Crippen MR) is 112 cm³/mol. The molecule has 1 aliphatic rings. The van der Waals surface area contributed by atoms with Gasteiger partial charge in [-0.25, -0.2) is 4.79 Å². The largest absolute Gasteiger partial charge is 0.480 e. The van der Waals surface area contributed by atoms with Crippen LogP contribution >= 0.6 is 0 Å². The lowest BCUT2D eigenvalue weighted by molar-refractivity contribution is -0.148. The van der Waals surface area contributed by atoms with E-state index in [-0.39, 0.29) is 5.91 Å². The van der Waals surface area contributed by atoms with Gasteiger partial charge in [0.25, 0.3) is 0 Å². The lowest BCUT2D eigenvalue weighted by Gasteiger charge is -2.21. The smallest absolute Gasteiger partial charge is 0.326 e. The van der Waals surface area contributed by atoms with E-state index in [0.717, 1.165) is 19.3 Å². The first-order valence-corrected chi connectivity index (χ1v) is 11.3. The van der Waals surface area contributed by atoms with Crippen LogP contribution in [0.4, 0.5) is 0 Å². The molecule has 1 rings (SSSR count). The molecule has 1 saturated heterocycles. The van der Waals surface area contributed by atoms with E-state index in [1.54, 1.807) is 4.90 Å². The zero-order chi connectivity index (χ0) is 19.7. The Morgan fingerprint density at radius 2 is 1.44 bits per heavy atom. The van der Waals surface area contributed by atoms with Crippen molar-refractivity contribution >= 4 is 11.9 Å². The van der Waals surface area contributed by atoms with Crippen LogP contribution in [0.5, 0.6) is 0 Å². The van der Waals surface area contributed by atoms with Crippen molar-refractivity contribution < 1.29 is 14.7 Å². The van der Waals surface area contributed by atoms with Gasteiger partial charge < -0.3 is 10.0 Å². The van der Waals surface area contributed by atoms with Gasteiger partial charge in [-0.1, -0.05) is 70.4 Å². The van der Waals surface area contributed by atoms with Crippen LogP contribution in [0.15, 0.2) is 12.2 Å². The van der Waals surface area contributed by atoms with Crippen molar-refractivity contribution in [3.8, 4) is 0 Å². The fraction of sp³-hybridized carbons (Fsp3) is 0.826. The number of carbonyl (C=O) groups is 2. The third-order valence-electron chi connectivity index (χ3n) is 5.51. The van der Waals surface area contributed by atoms with Crippen LogP contribution in [0.2, 0.25) is 0 Å². The minimum Gasteiger partial charge on any atom is -0.480 e. The zero-order valence-electron chi connectivity index (χ0n) is 17.5. The third kappa shape index (κ3) is 11.2. The van der Waals surface area contributed by atoms with Crippen LogP contribution in [-0.2, 0) is 9.59 Å². The number of carboxylic acids is 1. The van der Waals surface area contributed by atoms with Crippen molar-refractivity contribution in [2.45, 2.75) is 116 Å². The average molecular weight is 380 g/mol. The molecular formula is C23H41NO3. The molecule has 0 bridgehead atoms. The number of allylic oxidation sites excluding steroid dienone is 2. The van der Waals surface area contributed by atoms with E-state index in [1.807, 2.05) is 0 Å². The van der Waals surface area contributed by atoms with Gasteiger partial charge in [-0.2, -0.15) is 0 Å². The van der Waals surface area contributed by atoms with Crippen molar-refractivity contribution in [3.63, 3.8) is 0 Å². The summed E-state index contributed by atoms with van der Waals surface area (Å²) in [6, 6.07) is -0.583. The molecular weight excluding hydrogens is 338 g/mol. The van der Waals surface area contributed by atoms with E-state index in [4.69, 9.17) is 5.11 Å². The summed E-state index contributed by atoms with van der Waals surface area (Å²) in [6.07, 6.45) is 22.7. The number of aliphatic carboxylic acids is 1. The first-order valence-electron chi connectivity index (χ1n) is 11.3. The molecule has 0 aromatic carbocycles. The quantitative estimate of drug-likeness (QED) is 0.260. The number of amides is 1. The molecule has 0 spiro atoms. The molecule has 0 radical (unpaired) electrons. The highest BCUT2D eigenvalue weighted by atomic mass is 16.4. The number of carboxylic acid groups (broad SMARTS) is 1. The number of likely N-dealkylation sites (tertiary alicyclic amines) is 1. The summed E-state index contributed by atoms with van der Waals surface area (Å²) in [4.78, 5) is 24.8.